The summed E-state index contributed by atoms with van der Waals surface area (Å²) in [5.74, 6) is 0. The van der Waals surface area contributed by atoms with Crippen LogP contribution in [0.15, 0.2) is 16.6 Å². The number of aryl methyl sites for hydroxylation is 2. The Morgan fingerprint density at radius 1 is 1.12 bits per heavy atom. The number of hydrogen-bond donors (Lipinski definition) is 0. The van der Waals surface area contributed by atoms with Crippen LogP contribution in [0.25, 0.3) is 0 Å². The predicted molar refractivity (Wildman–Crippen MR) is 72.9 cm³/mol. The number of nitrogens with zero attached hydrogens (tertiary/aromatic N) is 1. The molecule has 0 saturated carbocycles. The highest BCUT2D eigenvalue weighted by molar-refractivity contribution is 9.10. The summed E-state index contributed by atoms with van der Waals surface area (Å²) in [6.07, 6.45) is 0. The quantitative estimate of drug-likeness (QED) is 0.754. The van der Waals surface area contributed by atoms with Crippen molar-refractivity contribution < 1.29 is 4.84 Å². The predicted octanol–water partition coefficient (Wildman–Crippen LogP) is 4.23. The van der Waals surface area contributed by atoms with Gasteiger partial charge in [-0.25, -0.2) is 0 Å². The molecule has 1 aromatic carbocycles. The lowest BCUT2D eigenvalue weighted by Gasteiger charge is -2.28. The van der Waals surface area contributed by atoms with Gasteiger partial charge in [-0.05, 0) is 57.9 Å². The van der Waals surface area contributed by atoms with E-state index in [1.165, 1.54) is 15.6 Å². The fourth-order valence-corrected chi connectivity index (χ4v) is 1.80. The van der Waals surface area contributed by atoms with Crippen molar-refractivity contribution in [3.8, 4) is 0 Å². The van der Waals surface area contributed by atoms with Crippen molar-refractivity contribution >= 4 is 21.6 Å². The summed E-state index contributed by atoms with van der Waals surface area (Å²) in [7, 11) is 1.94. The first-order valence-electron chi connectivity index (χ1n) is 5.40. The molecule has 0 aromatic heterocycles. The summed E-state index contributed by atoms with van der Waals surface area (Å²) < 4.78 is 1.17. The highest BCUT2D eigenvalue weighted by Crippen LogP contribution is 2.27. The maximum atomic E-state index is 5.79. The van der Waals surface area contributed by atoms with E-state index in [1.54, 1.807) is 0 Å². The normalized spacial score (nSPS) is 11.7. The van der Waals surface area contributed by atoms with E-state index in [4.69, 9.17) is 4.84 Å². The zero-order chi connectivity index (χ0) is 12.5. The number of hydroxylamine groups is 1. The molecule has 1 rings (SSSR count). The average Bonchev–Trinajstić information content (AvgIpc) is 2.10. The minimum absolute atomic E-state index is 0.177. The van der Waals surface area contributed by atoms with E-state index in [2.05, 4.69) is 41.9 Å². The smallest absolute Gasteiger partial charge is 0.0878 e. The number of anilines is 1. The maximum Gasteiger partial charge on any atom is 0.0878 e. The Balaban J connectivity index is 2.97. The second-order valence-corrected chi connectivity index (χ2v) is 5.89. The molecule has 90 valence electrons. The molecular formula is C13H20BrNO. The summed E-state index contributed by atoms with van der Waals surface area (Å²) in [4.78, 5) is 5.79. The average molecular weight is 286 g/mol. The molecule has 0 atom stereocenters. The van der Waals surface area contributed by atoms with Gasteiger partial charge in [0.2, 0.25) is 0 Å². The lowest BCUT2D eigenvalue weighted by molar-refractivity contribution is -0.0126. The monoisotopic (exact) mass is 285 g/mol. The zero-order valence-corrected chi connectivity index (χ0v) is 12.5. The van der Waals surface area contributed by atoms with Crippen LogP contribution in [0, 0.1) is 13.8 Å². The fraction of sp³-hybridized carbons (Fsp3) is 0.538. The van der Waals surface area contributed by atoms with E-state index in [1.807, 2.05) is 32.9 Å². The number of rotatable bonds is 2. The molecule has 0 unspecified atom stereocenters. The van der Waals surface area contributed by atoms with Gasteiger partial charge in [-0.15, -0.1) is 0 Å². The third-order valence-electron chi connectivity index (χ3n) is 2.20. The molecule has 0 radical (unpaired) electrons. The molecule has 2 nitrogen and oxygen atoms in total. The second-order valence-electron chi connectivity index (χ2n) is 5.09. The van der Waals surface area contributed by atoms with Gasteiger partial charge < -0.3 is 0 Å². The molecule has 0 aliphatic carbocycles. The molecular weight excluding hydrogens is 266 g/mol. The fourth-order valence-electron chi connectivity index (χ4n) is 1.57. The van der Waals surface area contributed by atoms with Gasteiger partial charge in [-0.3, -0.25) is 9.90 Å². The highest BCUT2D eigenvalue weighted by Gasteiger charge is 2.15. The lowest BCUT2D eigenvalue weighted by atomic mass is 10.1. The Kier molecular flexibility index (Phi) is 4.02. The summed E-state index contributed by atoms with van der Waals surface area (Å²) in [6.45, 7) is 10.3. The van der Waals surface area contributed by atoms with Gasteiger partial charge in [0.25, 0.3) is 0 Å². The first-order valence-corrected chi connectivity index (χ1v) is 6.19. The number of halogens is 1. The Hall–Kier alpha value is -0.540. The van der Waals surface area contributed by atoms with Crippen LogP contribution in [-0.2, 0) is 4.84 Å². The zero-order valence-electron chi connectivity index (χ0n) is 10.9. The minimum Gasteiger partial charge on any atom is -0.268 e. The van der Waals surface area contributed by atoms with E-state index in [9.17, 15) is 0 Å². The summed E-state index contributed by atoms with van der Waals surface area (Å²) in [5, 5.41) is 1.83. The molecule has 0 fully saturated rings. The van der Waals surface area contributed by atoms with Gasteiger partial charge >= 0.3 is 0 Å². The topological polar surface area (TPSA) is 12.5 Å². The van der Waals surface area contributed by atoms with E-state index in [0.29, 0.717) is 0 Å². The van der Waals surface area contributed by atoms with Crippen LogP contribution < -0.4 is 5.06 Å². The van der Waals surface area contributed by atoms with Gasteiger partial charge in [0, 0.05) is 11.5 Å². The van der Waals surface area contributed by atoms with E-state index in [-0.39, 0.29) is 5.60 Å². The summed E-state index contributed by atoms with van der Waals surface area (Å²) in [5.41, 5.74) is 3.34. The highest BCUT2D eigenvalue weighted by atomic mass is 79.9. The molecule has 0 bridgehead atoms. The van der Waals surface area contributed by atoms with Crippen molar-refractivity contribution in [2.45, 2.75) is 40.2 Å². The number of benzene rings is 1. The molecule has 0 N–H and O–H groups in total. The third-order valence-corrected chi connectivity index (χ3v) is 3.45. The van der Waals surface area contributed by atoms with Crippen molar-refractivity contribution in [2.75, 3.05) is 12.1 Å². The van der Waals surface area contributed by atoms with Gasteiger partial charge in [0.1, 0.15) is 0 Å². The Labute approximate surface area is 107 Å². The van der Waals surface area contributed by atoms with Crippen LogP contribution in [0.2, 0.25) is 0 Å². The molecule has 0 amide bonds. The van der Waals surface area contributed by atoms with Gasteiger partial charge in [0.15, 0.2) is 0 Å². The van der Waals surface area contributed by atoms with Crippen LogP contribution >= 0.6 is 15.9 Å². The van der Waals surface area contributed by atoms with Gasteiger partial charge in [-0.2, -0.15) is 0 Å². The number of hydrogen-bond acceptors (Lipinski definition) is 2. The second kappa shape index (κ2) is 4.76. The van der Waals surface area contributed by atoms with Crippen molar-refractivity contribution in [2.24, 2.45) is 0 Å². The van der Waals surface area contributed by atoms with Gasteiger partial charge in [-0.1, -0.05) is 15.9 Å². The molecule has 0 saturated heterocycles. The van der Waals surface area contributed by atoms with Crippen molar-refractivity contribution in [3.05, 3.63) is 27.7 Å². The first-order chi connectivity index (χ1) is 7.20. The van der Waals surface area contributed by atoms with E-state index >= 15 is 0 Å². The Morgan fingerprint density at radius 3 is 1.94 bits per heavy atom. The van der Waals surface area contributed by atoms with E-state index in [0.717, 1.165) is 5.69 Å². The third kappa shape index (κ3) is 3.49. The molecule has 1 aromatic rings. The Bertz CT molecular complexity index is 359. The molecule has 0 aliphatic heterocycles. The molecule has 0 heterocycles. The Morgan fingerprint density at radius 2 is 1.56 bits per heavy atom. The first kappa shape index (κ1) is 13.5. The SMILES string of the molecule is Cc1cc(N(C)OC(C)(C)C)cc(C)c1Br. The largest absolute Gasteiger partial charge is 0.268 e. The van der Waals surface area contributed by atoms with Crippen LogP contribution in [0.4, 0.5) is 5.69 Å². The van der Waals surface area contributed by atoms with E-state index < -0.39 is 0 Å². The molecule has 16 heavy (non-hydrogen) atoms. The molecule has 3 heteroatoms. The van der Waals surface area contributed by atoms with Crippen molar-refractivity contribution in [1.82, 2.24) is 0 Å². The van der Waals surface area contributed by atoms with Crippen LogP contribution in [0.5, 0.6) is 0 Å². The van der Waals surface area contributed by atoms with Gasteiger partial charge in [0.05, 0.1) is 11.3 Å². The van der Waals surface area contributed by atoms with Crippen LogP contribution in [0.3, 0.4) is 0 Å². The maximum absolute atomic E-state index is 5.79. The standard InChI is InChI=1S/C13H20BrNO/c1-9-7-11(8-10(2)12(9)14)15(6)16-13(3,4)5/h7-8H,1-6H3. The van der Waals surface area contributed by atoms with Crippen LogP contribution in [0.1, 0.15) is 31.9 Å². The van der Waals surface area contributed by atoms with Crippen molar-refractivity contribution in [1.29, 1.82) is 0 Å². The molecule has 0 aliphatic rings. The van der Waals surface area contributed by atoms with Crippen LogP contribution in [-0.4, -0.2) is 12.6 Å². The lowest BCUT2D eigenvalue weighted by Crippen LogP contribution is -2.31. The summed E-state index contributed by atoms with van der Waals surface area (Å²) in [6, 6.07) is 4.23. The minimum atomic E-state index is -0.177. The summed E-state index contributed by atoms with van der Waals surface area (Å²) >= 11 is 3.56. The molecule has 0 spiro atoms. The van der Waals surface area contributed by atoms with Crippen molar-refractivity contribution in [3.63, 3.8) is 0 Å².